The summed E-state index contributed by atoms with van der Waals surface area (Å²) in [7, 11) is 0. The van der Waals surface area contributed by atoms with E-state index in [1.165, 1.54) is 46.9 Å². The summed E-state index contributed by atoms with van der Waals surface area (Å²) < 4.78 is 0. The highest BCUT2D eigenvalue weighted by atomic mass is 14.8. The lowest BCUT2D eigenvalue weighted by molar-refractivity contribution is 0.671. The van der Waals surface area contributed by atoms with Crippen LogP contribution in [0.2, 0.25) is 0 Å². The van der Waals surface area contributed by atoms with Gasteiger partial charge in [-0.2, -0.15) is 0 Å². The molecule has 1 aliphatic carbocycles. The van der Waals surface area contributed by atoms with Crippen LogP contribution in [0.25, 0.3) is 21.9 Å². The molecule has 0 unspecified atom stereocenters. The van der Waals surface area contributed by atoms with Gasteiger partial charge in [0.2, 0.25) is 0 Å². The van der Waals surface area contributed by atoms with E-state index >= 15 is 0 Å². The molecule has 17 heavy (non-hydrogen) atoms. The Bertz CT molecular complexity index is 709. The summed E-state index contributed by atoms with van der Waals surface area (Å²) in [6.07, 6.45) is 4.92. The molecule has 0 amide bonds. The molecule has 0 bridgehead atoms. The van der Waals surface area contributed by atoms with Gasteiger partial charge >= 0.3 is 0 Å². The van der Waals surface area contributed by atoms with Gasteiger partial charge in [0.25, 0.3) is 0 Å². The van der Waals surface area contributed by atoms with Crippen LogP contribution in [0.5, 0.6) is 0 Å². The largest absolute Gasteiger partial charge is 0.353 e. The summed E-state index contributed by atoms with van der Waals surface area (Å²) in [6, 6.07) is 10.7. The van der Waals surface area contributed by atoms with Gasteiger partial charge in [-0.1, -0.05) is 18.2 Å². The third-order valence-corrected chi connectivity index (χ3v) is 3.75. The Kier molecular flexibility index (Phi) is 1.81. The van der Waals surface area contributed by atoms with Crippen molar-refractivity contribution in [2.45, 2.75) is 25.7 Å². The van der Waals surface area contributed by atoms with E-state index in [2.05, 4.69) is 35.3 Å². The minimum Gasteiger partial charge on any atom is -0.353 e. The number of nitrogens with zero attached hydrogens (tertiary/aromatic N) is 1. The SMILES string of the molecule is c1ccc2c(c1)[nH]c1cc3c(nc12)CCCC3. The van der Waals surface area contributed by atoms with Crippen LogP contribution < -0.4 is 0 Å². The molecule has 0 fully saturated rings. The Hall–Kier alpha value is -1.83. The van der Waals surface area contributed by atoms with E-state index in [1.807, 2.05) is 0 Å². The number of hydrogen-bond acceptors (Lipinski definition) is 1. The second-order valence-electron chi connectivity index (χ2n) is 4.87. The first-order chi connectivity index (χ1) is 8.42. The van der Waals surface area contributed by atoms with Crippen LogP contribution in [0, 0.1) is 0 Å². The topological polar surface area (TPSA) is 28.7 Å². The third-order valence-electron chi connectivity index (χ3n) is 3.75. The van der Waals surface area contributed by atoms with Crippen LogP contribution in [-0.2, 0) is 12.8 Å². The minimum atomic E-state index is 1.14. The molecule has 0 atom stereocenters. The highest BCUT2D eigenvalue weighted by Gasteiger charge is 2.14. The second-order valence-corrected chi connectivity index (χ2v) is 4.87. The molecule has 2 aromatic heterocycles. The van der Waals surface area contributed by atoms with Crippen molar-refractivity contribution in [1.29, 1.82) is 0 Å². The molecular weight excluding hydrogens is 208 g/mol. The number of aromatic nitrogens is 2. The molecule has 0 spiro atoms. The Labute approximate surface area is 99.7 Å². The number of nitrogens with one attached hydrogen (secondary N) is 1. The monoisotopic (exact) mass is 222 g/mol. The number of fused-ring (bicyclic) bond motifs is 4. The van der Waals surface area contributed by atoms with Crippen LogP contribution in [0.1, 0.15) is 24.1 Å². The first-order valence-electron chi connectivity index (χ1n) is 6.31. The number of benzene rings is 1. The molecule has 2 nitrogen and oxygen atoms in total. The number of rotatable bonds is 0. The van der Waals surface area contributed by atoms with Gasteiger partial charge in [-0.05, 0) is 43.4 Å². The predicted octanol–water partition coefficient (Wildman–Crippen LogP) is 3.59. The molecule has 0 saturated heterocycles. The average Bonchev–Trinajstić information content (AvgIpc) is 2.73. The van der Waals surface area contributed by atoms with Crippen molar-refractivity contribution in [2.24, 2.45) is 0 Å². The number of H-pyrrole nitrogens is 1. The summed E-state index contributed by atoms with van der Waals surface area (Å²) in [6.45, 7) is 0. The fraction of sp³-hybridized carbons (Fsp3) is 0.267. The second kappa shape index (κ2) is 3.33. The fourth-order valence-electron chi connectivity index (χ4n) is 2.88. The van der Waals surface area contributed by atoms with Gasteiger partial charge < -0.3 is 4.98 Å². The van der Waals surface area contributed by atoms with Crippen molar-refractivity contribution in [3.8, 4) is 0 Å². The van der Waals surface area contributed by atoms with Gasteiger partial charge in [-0.25, -0.2) is 0 Å². The summed E-state index contributed by atoms with van der Waals surface area (Å²) in [5, 5.41) is 1.25. The van der Waals surface area contributed by atoms with Crippen LogP contribution in [0.15, 0.2) is 30.3 Å². The molecule has 0 aliphatic heterocycles. The number of hydrogen-bond donors (Lipinski definition) is 1. The van der Waals surface area contributed by atoms with E-state index in [-0.39, 0.29) is 0 Å². The molecule has 0 radical (unpaired) electrons. The lowest BCUT2D eigenvalue weighted by Gasteiger charge is -2.14. The summed E-state index contributed by atoms with van der Waals surface area (Å²) >= 11 is 0. The highest BCUT2D eigenvalue weighted by Crippen LogP contribution is 2.28. The fourth-order valence-corrected chi connectivity index (χ4v) is 2.88. The molecule has 2 heterocycles. The Balaban J connectivity index is 2.12. The summed E-state index contributed by atoms with van der Waals surface area (Å²) in [5.41, 5.74) is 6.27. The van der Waals surface area contributed by atoms with Crippen LogP contribution in [0.4, 0.5) is 0 Å². The van der Waals surface area contributed by atoms with Crippen molar-refractivity contribution in [1.82, 2.24) is 9.97 Å². The predicted molar refractivity (Wildman–Crippen MR) is 70.2 cm³/mol. The van der Waals surface area contributed by atoms with Crippen LogP contribution in [0.3, 0.4) is 0 Å². The maximum atomic E-state index is 4.87. The van der Waals surface area contributed by atoms with Gasteiger partial charge in [0.05, 0.1) is 11.0 Å². The van der Waals surface area contributed by atoms with Gasteiger partial charge in [-0.15, -0.1) is 0 Å². The molecule has 4 rings (SSSR count). The Morgan fingerprint density at radius 1 is 1.00 bits per heavy atom. The van der Waals surface area contributed by atoms with Crippen LogP contribution >= 0.6 is 0 Å². The van der Waals surface area contributed by atoms with Crippen molar-refractivity contribution >= 4 is 21.9 Å². The Morgan fingerprint density at radius 3 is 2.88 bits per heavy atom. The van der Waals surface area contributed by atoms with E-state index in [9.17, 15) is 0 Å². The van der Waals surface area contributed by atoms with E-state index in [1.54, 1.807) is 0 Å². The maximum absolute atomic E-state index is 4.87. The van der Waals surface area contributed by atoms with Gasteiger partial charge in [0.15, 0.2) is 0 Å². The highest BCUT2D eigenvalue weighted by molar-refractivity contribution is 6.04. The number of para-hydroxylation sites is 1. The van der Waals surface area contributed by atoms with Crippen molar-refractivity contribution in [2.75, 3.05) is 0 Å². The van der Waals surface area contributed by atoms with Crippen molar-refractivity contribution < 1.29 is 0 Å². The molecule has 2 heteroatoms. The quantitative estimate of drug-likeness (QED) is 0.618. The third kappa shape index (κ3) is 1.30. The Morgan fingerprint density at radius 2 is 1.88 bits per heavy atom. The molecule has 84 valence electrons. The zero-order valence-electron chi connectivity index (χ0n) is 9.66. The zero-order chi connectivity index (χ0) is 11.2. The average molecular weight is 222 g/mol. The van der Waals surface area contributed by atoms with Gasteiger partial charge in [0, 0.05) is 16.6 Å². The first-order valence-corrected chi connectivity index (χ1v) is 6.31. The zero-order valence-corrected chi connectivity index (χ0v) is 9.66. The molecule has 1 N–H and O–H groups in total. The van der Waals surface area contributed by atoms with Crippen molar-refractivity contribution in [3.63, 3.8) is 0 Å². The number of pyridine rings is 1. The van der Waals surface area contributed by atoms with Crippen LogP contribution in [-0.4, -0.2) is 9.97 Å². The van der Waals surface area contributed by atoms with Crippen molar-refractivity contribution in [3.05, 3.63) is 41.6 Å². The lowest BCUT2D eigenvalue weighted by atomic mass is 9.96. The van der Waals surface area contributed by atoms with E-state index in [4.69, 9.17) is 4.98 Å². The normalized spacial score (nSPS) is 15.3. The number of aromatic amines is 1. The maximum Gasteiger partial charge on any atom is 0.0961 e. The molecule has 1 aromatic carbocycles. The van der Waals surface area contributed by atoms with E-state index in [0.717, 1.165) is 11.9 Å². The van der Waals surface area contributed by atoms with Gasteiger partial charge in [-0.3, -0.25) is 4.98 Å². The molecule has 3 aromatic rings. The standard InChI is InChI=1S/C15H14N2/c1-3-7-12-10(5-1)9-14-15(17-12)11-6-2-4-8-13(11)16-14/h2,4,6,8-9,16H,1,3,5,7H2. The van der Waals surface area contributed by atoms with E-state index < -0.39 is 0 Å². The molecular formula is C15H14N2. The first kappa shape index (κ1) is 9.23. The van der Waals surface area contributed by atoms with Gasteiger partial charge in [0.1, 0.15) is 0 Å². The summed E-state index contributed by atoms with van der Waals surface area (Å²) in [5.74, 6) is 0. The molecule has 0 saturated carbocycles. The lowest BCUT2D eigenvalue weighted by Crippen LogP contribution is -2.04. The van der Waals surface area contributed by atoms with E-state index in [0.29, 0.717) is 0 Å². The smallest absolute Gasteiger partial charge is 0.0961 e. The summed E-state index contributed by atoms with van der Waals surface area (Å²) in [4.78, 5) is 8.34. The molecule has 1 aliphatic rings. The minimum absolute atomic E-state index is 1.14. The number of aryl methyl sites for hydroxylation is 2.